The van der Waals surface area contributed by atoms with Crippen LogP contribution < -0.4 is 21.7 Å². The maximum Gasteiger partial charge on any atom is 0.326 e. The van der Waals surface area contributed by atoms with Crippen LogP contribution in [0.4, 0.5) is 0 Å². The van der Waals surface area contributed by atoms with Crippen LogP contribution in [0.5, 0.6) is 5.75 Å². The Morgan fingerprint density at radius 2 is 1.44 bits per heavy atom. The van der Waals surface area contributed by atoms with Gasteiger partial charge in [0.2, 0.25) is 17.7 Å². The Labute approximate surface area is 251 Å². The van der Waals surface area contributed by atoms with Gasteiger partial charge >= 0.3 is 5.97 Å². The van der Waals surface area contributed by atoms with Gasteiger partial charge in [0.05, 0.1) is 6.04 Å². The van der Waals surface area contributed by atoms with Crippen LogP contribution in [-0.4, -0.2) is 63.1 Å². The Bertz CT molecular complexity index is 1400. The lowest BCUT2D eigenvalue weighted by Gasteiger charge is -2.27. The third-order valence-electron chi connectivity index (χ3n) is 7.62. The van der Waals surface area contributed by atoms with Crippen LogP contribution in [0.15, 0.2) is 54.7 Å². The average Bonchev–Trinajstić information content (AvgIpc) is 3.38. The molecule has 3 amide bonds. The first-order chi connectivity index (χ1) is 20.4. The fraction of sp³-hybridized carbons (Fsp3) is 0.438. The Morgan fingerprint density at radius 1 is 0.837 bits per heavy atom. The largest absolute Gasteiger partial charge is 0.508 e. The minimum atomic E-state index is -1.24. The number of carbonyl (C=O) groups excluding carboxylic acids is 3. The first kappa shape index (κ1) is 33.1. The maximum absolute atomic E-state index is 13.6. The summed E-state index contributed by atoms with van der Waals surface area (Å²) in [6.07, 6.45) is 2.76. The third kappa shape index (κ3) is 9.31. The molecule has 11 heteroatoms. The zero-order valence-electron chi connectivity index (χ0n) is 25.1. The Morgan fingerprint density at radius 3 is 2.07 bits per heavy atom. The summed E-state index contributed by atoms with van der Waals surface area (Å²) in [5, 5.41) is 28.5. The number of hydrogen-bond donors (Lipinski definition) is 7. The molecule has 11 nitrogen and oxygen atoms in total. The van der Waals surface area contributed by atoms with Gasteiger partial charge < -0.3 is 36.9 Å². The molecule has 1 heterocycles. The number of hydrogen-bond acceptors (Lipinski definition) is 6. The van der Waals surface area contributed by atoms with Gasteiger partial charge in [-0.15, -0.1) is 0 Å². The van der Waals surface area contributed by atoms with E-state index in [4.69, 9.17) is 5.73 Å². The summed E-state index contributed by atoms with van der Waals surface area (Å²) in [4.78, 5) is 55.3. The van der Waals surface area contributed by atoms with Crippen LogP contribution >= 0.6 is 0 Å². The fourth-order valence-corrected chi connectivity index (χ4v) is 4.83. The number of carboxylic acid groups (broad SMARTS) is 1. The number of phenolic OH excluding ortho intramolecular Hbond substituents is 1. The van der Waals surface area contributed by atoms with E-state index in [1.54, 1.807) is 18.3 Å². The zero-order valence-corrected chi connectivity index (χ0v) is 25.1. The van der Waals surface area contributed by atoms with Crippen molar-refractivity contribution >= 4 is 34.6 Å². The Balaban J connectivity index is 1.80. The number of nitrogens with one attached hydrogen (secondary N) is 4. The molecule has 0 bridgehead atoms. The van der Waals surface area contributed by atoms with Crippen LogP contribution in [-0.2, 0) is 32.0 Å². The van der Waals surface area contributed by atoms with Crippen LogP contribution in [0.25, 0.3) is 10.9 Å². The minimum absolute atomic E-state index is 0.0167. The first-order valence-corrected chi connectivity index (χ1v) is 14.6. The molecular weight excluding hydrogens is 550 g/mol. The summed E-state index contributed by atoms with van der Waals surface area (Å²) in [7, 11) is 0. The number of aromatic nitrogens is 1. The molecule has 0 radical (unpaired) electrons. The molecule has 0 spiro atoms. The smallest absolute Gasteiger partial charge is 0.326 e. The lowest BCUT2D eigenvalue weighted by Crippen LogP contribution is -2.58. The number of rotatable bonds is 15. The molecule has 0 saturated heterocycles. The number of nitrogens with two attached hydrogens (primary N) is 1. The lowest BCUT2D eigenvalue weighted by molar-refractivity contribution is -0.142. The summed E-state index contributed by atoms with van der Waals surface area (Å²) in [5.41, 5.74) is 8.39. The van der Waals surface area contributed by atoms with Gasteiger partial charge in [-0.2, -0.15) is 0 Å². The van der Waals surface area contributed by atoms with Crippen LogP contribution in [0.2, 0.25) is 0 Å². The van der Waals surface area contributed by atoms with Crippen molar-refractivity contribution < 1.29 is 29.4 Å². The number of aromatic hydroxyl groups is 1. The number of phenols is 1. The predicted octanol–water partition coefficient (Wildman–Crippen LogP) is 2.62. The SMILES string of the molecule is CCC(C)C(N)C(=O)NC(Cc1ccc(O)cc1)C(=O)NC(CC(C)C)C(=O)NC(Cc1c[nH]c2ccccc12)C(=O)O. The van der Waals surface area contributed by atoms with Crippen molar-refractivity contribution in [2.45, 2.75) is 77.5 Å². The molecule has 2 aromatic carbocycles. The maximum atomic E-state index is 13.6. The van der Waals surface area contributed by atoms with Crippen LogP contribution in [0.3, 0.4) is 0 Å². The molecular formula is C32H43N5O6. The molecule has 5 atom stereocenters. The number of aliphatic carboxylic acids is 1. The van der Waals surface area contributed by atoms with E-state index in [9.17, 15) is 29.4 Å². The molecule has 1 aromatic heterocycles. The highest BCUT2D eigenvalue weighted by Gasteiger charge is 2.32. The molecule has 0 aliphatic rings. The molecule has 0 saturated carbocycles. The quantitative estimate of drug-likeness (QED) is 0.141. The second kappa shape index (κ2) is 15.2. The number of para-hydroxylation sites is 1. The Kier molecular flexibility index (Phi) is 11.7. The molecule has 0 aliphatic heterocycles. The summed E-state index contributed by atoms with van der Waals surface area (Å²) < 4.78 is 0. The molecule has 3 aromatic rings. The summed E-state index contributed by atoms with van der Waals surface area (Å²) in [6, 6.07) is 9.50. The summed E-state index contributed by atoms with van der Waals surface area (Å²) in [5.74, 6) is -3.03. The van der Waals surface area contributed by atoms with Gasteiger partial charge in [-0.25, -0.2) is 4.79 Å². The molecule has 3 rings (SSSR count). The van der Waals surface area contributed by atoms with E-state index in [1.807, 2.05) is 52.0 Å². The molecule has 0 fully saturated rings. The number of fused-ring (bicyclic) bond motifs is 1. The van der Waals surface area contributed by atoms with Crippen molar-refractivity contribution in [1.29, 1.82) is 0 Å². The monoisotopic (exact) mass is 593 g/mol. The minimum Gasteiger partial charge on any atom is -0.508 e. The molecule has 43 heavy (non-hydrogen) atoms. The molecule has 232 valence electrons. The van der Waals surface area contributed by atoms with E-state index in [2.05, 4.69) is 20.9 Å². The van der Waals surface area contributed by atoms with Crippen molar-refractivity contribution in [2.75, 3.05) is 0 Å². The summed E-state index contributed by atoms with van der Waals surface area (Å²) in [6.45, 7) is 7.52. The van der Waals surface area contributed by atoms with E-state index in [1.165, 1.54) is 12.1 Å². The third-order valence-corrected chi connectivity index (χ3v) is 7.62. The average molecular weight is 594 g/mol. The Hall–Kier alpha value is -4.38. The van der Waals surface area contributed by atoms with E-state index in [-0.39, 0.29) is 36.8 Å². The highest BCUT2D eigenvalue weighted by Crippen LogP contribution is 2.20. The van der Waals surface area contributed by atoms with E-state index >= 15 is 0 Å². The highest BCUT2D eigenvalue weighted by atomic mass is 16.4. The standard InChI is InChI=1S/C32H43N5O6/c1-5-19(4)28(33)31(41)36-26(15-20-10-12-22(38)13-11-20)30(40)35-25(14-18(2)3)29(39)37-27(32(42)43)16-21-17-34-24-9-7-6-8-23(21)24/h6-13,17-19,25-28,34,38H,5,14-16,33H2,1-4H3,(H,35,40)(H,36,41)(H,37,39)(H,42,43). The second-order valence-electron chi connectivity index (χ2n) is 11.5. The number of amides is 3. The summed E-state index contributed by atoms with van der Waals surface area (Å²) >= 11 is 0. The molecule has 8 N–H and O–H groups in total. The number of aromatic amines is 1. The molecule has 5 unspecified atom stereocenters. The highest BCUT2D eigenvalue weighted by molar-refractivity contribution is 5.94. The fourth-order valence-electron chi connectivity index (χ4n) is 4.83. The van der Waals surface area contributed by atoms with Gasteiger partial charge in [0, 0.05) is 29.9 Å². The van der Waals surface area contributed by atoms with Crippen molar-refractivity contribution in [3.05, 3.63) is 65.9 Å². The van der Waals surface area contributed by atoms with Gasteiger partial charge in [0.1, 0.15) is 23.9 Å². The van der Waals surface area contributed by atoms with Crippen LogP contribution in [0, 0.1) is 11.8 Å². The van der Waals surface area contributed by atoms with Crippen LogP contribution in [0.1, 0.15) is 51.7 Å². The van der Waals surface area contributed by atoms with Crippen molar-refractivity contribution in [3.63, 3.8) is 0 Å². The van der Waals surface area contributed by atoms with Gasteiger partial charge in [0.15, 0.2) is 0 Å². The normalized spacial score (nSPS) is 14.8. The van der Waals surface area contributed by atoms with Gasteiger partial charge in [-0.05, 0) is 47.6 Å². The van der Waals surface area contributed by atoms with Gasteiger partial charge in [-0.1, -0.05) is 64.4 Å². The van der Waals surface area contributed by atoms with Crippen molar-refractivity contribution in [1.82, 2.24) is 20.9 Å². The van der Waals surface area contributed by atoms with Gasteiger partial charge in [-0.3, -0.25) is 14.4 Å². The van der Waals surface area contributed by atoms with E-state index in [0.29, 0.717) is 12.0 Å². The van der Waals surface area contributed by atoms with E-state index < -0.39 is 47.9 Å². The number of H-pyrrole nitrogens is 1. The van der Waals surface area contributed by atoms with Crippen molar-refractivity contribution in [2.24, 2.45) is 17.6 Å². The first-order valence-electron chi connectivity index (χ1n) is 14.6. The lowest BCUT2D eigenvalue weighted by atomic mass is 9.97. The number of benzene rings is 2. The zero-order chi connectivity index (χ0) is 31.7. The predicted molar refractivity (Wildman–Crippen MR) is 164 cm³/mol. The van der Waals surface area contributed by atoms with E-state index in [0.717, 1.165) is 16.5 Å². The topological polar surface area (TPSA) is 187 Å². The number of carbonyl (C=O) groups is 4. The second-order valence-corrected chi connectivity index (χ2v) is 11.5. The van der Waals surface area contributed by atoms with Crippen molar-refractivity contribution in [3.8, 4) is 5.75 Å². The van der Waals surface area contributed by atoms with Gasteiger partial charge in [0.25, 0.3) is 0 Å². The molecule has 0 aliphatic carbocycles. The number of carboxylic acids is 1.